The highest BCUT2D eigenvalue weighted by atomic mass is 16.3. The third-order valence-corrected chi connectivity index (χ3v) is 11.6. The largest absolute Gasteiger partial charge is 0.456 e. The van der Waals surface area contributed by atoms with E-state index in [1.165, 1.54) is 27.3 Å². The van der Waals surface area contributed by atoms with Gasteiger partial charge < -0.3 is 13.4 Å². The quantitative estimate of drug-likeness (QED) is 0.165. The molecule has 57 heavy (non-hydrogen) atoms. The molecule has 0 amide bonds. The highest BCUT2D eigenvalue weighted by Crippen LogP contribution is 2.49. The first-order chi connectivity index (χ1) is 28.3. The number of furan rings is 2. The van der Waals surface area contributed by atoms with Crippen molar-refractivity contribution in [3.63, 3.8) is 0 Å². The zero-order valence-corrected chi connectivity index (χ0v) is 30.8. The minimum atomic E-state index is 0.879. The molecule has 3 heteroatoms. The Labute approximate surface area is 328 Å². The second-order valence-corrected chi connectivity index (χ2v) is 14.8. The number of fused-ring (bicyclic) bond motifs is 8. The Morgan fingerprint density at radius 1 is 0.298 bits per heavy atom. The Kier molecular flexibility index (Phi) is 6.93. The molecule has 3 nitrogen and oxygen atoms in total. The van der Waals surface area contributed by atoms with E-state index >= 15 is 0 Å². The summed E-state index contributed by atoms with van der Waals surface area (Å²) in [7, 11) is 0. The first-order valence-corrected chi connectivity index (χ1v) is 19.4. The van der Waals surface area contributed by atoms with E-state index in [2.05, 4.69) is 193 Å². The topological polar surface area (TPSA) is 31.2 Å². The zero-order chi connectivity index (χ0) is 37.5. The molecule has 0 fully saturated rings. The molecule has 0 atom stereocenters. The van der Waals surface area contributed by atoms with Crippen LogP contribution >= 0.6 is 0 Å². The summed E-state index contributed by atoms with van der Waals surface area (Å²) in [4.78, 5) is 0. The number of para-hydroxylation sites is 2. The molecule has 12 rings (SSSR count). The molecule has 0 saturated carbocycles. The van der Waals surface area contributed by atoms with Gasteiger partial charge in [0.25, 0.3) is 0 Å². The number of aromatic nitrogens is 1. The summed E-state index contributed by atoms with van der Waals surface area (Å²) in [6.45, 7) is 0. The molecule has 266 valence electrons. The fourth-order valence-electron chi connectivity index (χ4n) is 9.24. The molecule has 0 saturated heterocycles. The van der Waals surface area contributed by atoms with Gasteiger partial charge in [0.1, 0.15) is 22.3 Å². The first kappa shape index (κ1) is 31.7. The van der Waals surface area contributed by atoms with Crippen molar-refractivity contribution in [1.82, 2.24) is 4.57 Å². The summed E-state index contributed by atoms with van der Waals surface area (Å²) < 4.78 is 15.4. The maximum absolute atomic E-state index is 6.51. The second-order valence-electron chi connectivity index (χ2n) is 14.8. The van der Waals surface area contributed by atoms with Gasteiger partial charge in [0.15, 0.2) is 0 Å². The first-order valence-electron chi connectivity index (χ1n) is 19.4. The zero-order valence-electron chi connectivity index (χ0n) is 30.8. The SMILES string of the molecule is c1ccc(-c2ccc(-c3ccccc3)n2-c2ccc3c(-c4cccc5oc6ccccc6c45)c4ccccc4c(-c4cccc5oc6ccccc6c45)c3c2)cc1. The fraction of sp³-hybridized carbons (Fsp3) is 0. The maximum Gasteiger partial charge on any atom is 0.136 e. The van der Waals surface area contributed by atoms with Gasteiger partial charge in [-0.25, -0.2) is 0 Å². The predicted octanol–water partition coefficient (Wildman–Crippen LogP) is 15.3. The molecular weight excluding hydrogens is 695 g/mol. The van der Waals surface area contributed by atoms with Gasteiger partial charge in [-0.15, -0.1) is 0 Å². The molecular formula is C54H33NO2. The summed E-state index contributed by atoms with van der Waals surface area (Å²) in [5, 5.41) is 9.17. The lowest BCUT2D eigenvalue weighted by Crippen LogP contribution is -2.00. The van der Waals surface area contributed by atoms with Crippen LogP contribution in [0, 0.1) is 0 Å². The van der Waals surface area contributed by atoms with Crippen LogP contribution in [0.3, 0.4) is 0 Å². The Bertz CT molecular complexity index is 3460. The van der Waals surface area contributed by atoms with Crippen molar-refractivity contribution in [2.75, 3.05) is 0 Å². The van der Waals surface area contributed by atoms with Gasteiger partial charge in [-0.2, -0.15) is 0 Å². The molecule has 0 bridgehead atoms. The van der Waals surface area contributed by atoms with Crippen molar-refractivity contribution in [1.29, 1.82) is 0 Å². The van der Waals surface area contributed by atoms with Crippen molar-refractivity contribution < 1.29 is 8.83 Å². The van der Waals surface area contributed by atoms with Crippen LogP contribution in [0.15, 0.2) is 209 Å². The van der Waals surface area contributed by atoms with E-state index in [-0.39, 0.29) is 0 Å². The third-order valence-electron chi connectivity index (χ3n) is 11.6. The van der Waals surface area contributed by atoms with Gasteiger partial charge in [-0.05, 0) is 103 Å². The van der Waals surface area contributed by atoms with Gasteiger partial charge in [0, 0.05) is 27.2 Å². The standard InChI is InChI=1S/C54H33NO2/c1-3-15-34(16-4-1)45-31-32-46(35-17-5-2-6-18-35)55(45)36-29-30-39-44(33-36)52(43-24-14-28-50-54(43)41-22-10-12-26-48(41)57-50)38-20-8-7-19-37(38)51(39)42-23-13-27-49-53(42)40-21-9-11-25-47(40)56-49/h1-33H. The number of rotatable bonds is 5. The predicted molar refractivity (Wildman–Crippen MR) is 237 cm³/mol. The molecule has 12 aromatic rings. The number of hydrogen-bond acceptors (Lipinski definition) is 2. The van der Waals surface area contributed by atoms with Crippen LogP contribution in [0.25, 0.3) is 116 Å². The van der Waals surface area contributed by atoms with Gasteiger partial charge >= 0.3 is 0 Å². The minimum Gasteiger partial charge on any atom is -0.456 e. The summed E-state index contributed by atoms with van der Waals surface area (Å²) in [6, 6.07) is 71.5. The summed E-state index contributed by atoms with van der Waals surface area (Å²) >= 11 is 0. The normalized spacial score (nSPS) is 11.9. The second kappa shape index (κ2) is 12.5. The van der Waals surface area contributed by atoms with E-state index in [1.807, 2.05) is 12.1 Å². The number of nitrogens with zero attached hydrogens (tertiary/aromatic N) is 1. The van der Waals surface area contributed by atoms with E-state index in [4.69, 9.17) is 8.83 Å². The lowest BCUT2D eigenvalue weighted by molar-refractivity contribution is 0.668. The molecule has 0 aliphatic rings. The van der Waals surface area contributed by atoms with Crippen LogP contribution in [0.2, 0.25) is 0 Å². The molecule has 3 heterocycles. The van der Waals surface area contributed by atoms with E-state index < -0.39 is 0 Å². The molecule has 0 radical (unpaired) electrons. The van der Waals surface area contributed by atoms with Crippen molar-refractivity contribution in [2.24, 2.45) is 0 Å². The molecule has 9 aromatic carbocycles. The molecule has 0 N–H and O–H groups in total. The summed E-state index contributed by atoms with van der Waals surface area (Å²) in [5.74, 6) is 0. The van der Waals surface area contributed by atoms with Gasteiger partial charge in [-0.3, -0.25) is 0 Å². The van der Waals surface area contributed by atoms with Crippen LogP contribution in [-0.2, 0) is 0 Å². The highest BCUT2D eigenvalue weighted by molar-refractivity contribution is 6.28. The Hall–Kier alpha value is -7.62. The van der Waals surface area contributed by atoms with Crippen LogP contribution < -0.4 is 0 Å². The lowest BCUT2D eigenvalue weighted by atomic mass is 9.84. The smallest absolute Gasteiger partial charge is 0.136 e. The minimum absolute atomic E-state index is 0.879. The van der Waals surface area contributed by atoms with Crippen molar-refractivity contribution in [2.45, 2.75) is 0 Å². The van der Waals surface area contributed by atoms with Crippen molar-refractivity contribution in [3.8, 4) is 50.5 Å². The molecule has 0 aliphatic carbocycles. The Morgan fingerprint density at radius 2 is 0.719 bits per heavy atom. The molecule has 0 spiro atoms. The van der Waals surface area contributed by atoms with Crippen molar-refractivity contribution in [3.05, 3.63) is 200 Å². The average molecular weight is 728 g/mol. The molecule has 0 aliphatic heterocycles. The maximum atomic E-state index is 6.51. The fourth-order valence-corrected chi connectivity index (χ4v) is 9.24. The average Bonchev–Trinajstić information content (AvgIpc) is 4.00. The van der Waals surface area contributed by atoms with Crippen molar-refractivity contribution >= 4 is 65.4 Å². The number of hydrogen-bond donors (Lipinski definition) is 0. The van der Waals surface area contributed by atoms with Crippen LogP contribution in [0.5, 0.6) is 0 Å². The monoisotopic (exact) mass is 727 g/mol. The Morgan fingerprint density at radius 3 is 1.25 bits per heavy atom. The van der Waals surface area contributed by atoms with E-state index in [0.717, 1.165) is 88.6 Å². The van der Waals surface area contributed by atoms with E-state index in [0.29, 0.717) is 0 Å². The van der Waals surface area contributed by atoms with Crippen LogP contribution in [0.1, 0.15) is 0 Å². The third kappa shape index (κ3) is 4.79. The van der Waals surface area contributed by atoms with Gasteiger partial charge in [-0.1, -0.05) is 152 Å². The van der Waals surface area contributed by atoms with Crippen LogP contribution in [0.4, 0.5) is 0 Å². The summed E-state index contributed by atoms with van der Waals surface area (Å²) in [6.07, 6.45) is 0. The van der Waals surface area contributed by atoms with Gasteiger partial charge in [0.05, 0.1) is 11.4 Å². The highest BCUT2D eigenvalue weighted by Gasteiger charge is 2.24. The van der Waals surface area contributed by atoms with E-state index in [9.17, 15) is 0 Å². The molecule has 0 unspecified atom stereocenters. The summed E-state index contributed by atoms with van der Waals surface area (Å²) in [5.41, 5.74) is 13.9. The van der Waals surface area contributed by atoms with E-state index in [1.54, 1.807) is 0 Å². The number of benzene rings is 9. The Balaban J connectivity index is 1.26. The molecule has 3 aromatic heterocycles. The van der Waals surface area contributed by atoms with Gasteiger partial charge in [0.2, 0.25) is 0 Å². The van der Waals surface area contributed by atoms with Crippen LogP contribution in [-0.4, -0.2) is 4.57 Å². The lowest BCUT2D eigenvalue weighted by Gasteiger charge is -2.21.